The van der Waals surface area contributed by atoms with Crippen molar-refractivity contribution in [1.82, 2.24) is 15.1 Å². The van der Waals surface area contributed by atoms with Crippen LogP contribution in [-0.2, 0) is 4.79 Å². The molecule has 1 aliphatic carbocycles. The molecule has 2 rings (SSSR count). The fraction of sp³-hybridized carbons (Fsp3) is 0.833. The monoisotopic (exact) mass is 239 g/mol. The Labute approximate surface area is 102 Å². The van der Waals surface area contributed by atoms with Crippen LogP contribution in [0.3, 0.4) is 0 Å². The third-order valence-corrected chi connectivity index (χ3v) is 3.98. The van der Waals surface area contributed by atoms with Crippen molar-refractivity contribution in [2.75, 3.05) is 27.2 Å². The normalized spacial score (nSPS) is 29.5. The third-order valence-electron chi connectivity index (χ3n) is 3.98. The maximum absolute atomic E-state index is 11.7. The molecule has 5 heteroatoms. The second kappa shape index (κ2) is 5.04. The summed E-state index contributed by atoms with van der Waals surface area (Å²) in [5.41, 5.74) is 0. The topological polar surface area (TPSA) is 52.7 Å². The lowest BCUT2D eigenvalue weighted by Gasteiger charge is -2.21. The van der Waals surface area contributed by atoms with E-state index in [1.165, 1.54) is 29.1 Å². The molecule has 2 atom stereocenters. The first kappa shape index (κ1) is 12.4. The van der Waals surface area contributed by atoms with Crippen LogP contribution in [0.5, 0.6) is 0 Å². The highest BCUT2D eigenvalue weighted by Crippen LogP contribution is 2.28. The molecule has 3 amide bonds. The van der Waals surface area contributed by atoms with Gasteiger partial charge in [0.2, 0.25) is 5.91 Å². The minimum absolute atomic E-state index is 0.0588. The first-order valence-corrected chi connectivity index (χ1v) is 6.36. The van der Waals surface area contributed by atoms with Crippen molar-refractivity contribution < 1.29 is 9.59 Å². The van der Waals surface area contributed by atoms with Gasteiger partial charge in [-0.1, -0.05) is 6.42 Å². The number of hydrogen-bond acceptors (Lipinski definition) is 3. The second-order valence-corrected chi connectivity index (χ2v) is 5.06. The van der Waals surface area contributed by atoms with Crippen molar-refractivity contribution in [2.24, 2.45) is 5.92 Å². The van der Waals surface area contributed by atoms with Gasteiger partial charge in [0.15, 0.2) is 0 Å². The van der Waals surface area contributed by atoms with Crippen LogP contribution in [0.1, 0.15) is 25.7 Å². The zero-order valence-corrected chi connectivity index (χ0v) is 10.6. The van der Waals surface area contributed by atoms with Gasteiger partial charge in [-0.3, -0.25) is 9.69 Å². The van der Waals surface area contributed by atoms with Crippen molar-refractivity contribution in [2.45, 2.75) is 31.7 Å². The molecule has 0 bridgehead atoms. The average molecular weight is 239 g/mol. The van der Waals surface area contributed by atoms with Crippen LogP contribution >= 0.6 is 0 Å². The lowest BCUT2D eigenvalue weighted by atomic mass is 9.99. The van der Waals surface area contributed by atoms with E-state index >= 15 is 0 Å². The molecule has 0 radical (unpaired) electrons. The number of nitrogens with zero attached hydrogens (tertiary/aromatic N) is 2. The highest BCUT2D eigenvalue weighted by Gasteiger charge is 2.34. The van der Waals surface area contributed by atoms with Crippen LogP contribution in [0.15, 0.2) is 0 Å². The van der Waals surface area contributed by atoms with Gasteiger partial charge in [-0.25, -0.2) is 4.79 Å². The summed E-state index contributed by atoms with van der Waals surface area (Å²) in [7, 11) is 3.66. The van der Waals surface area contributed by atoms with E-state index < -0.39 is 0 Å². The molecule has 0 aromatic carbocycles. The third kappa shape index (κ3) is 2.44. The van der Waals surface area contributed by atoms with Crippen molar-refractivity contribution >= 4 is 11.9 Å². The van der Waals surface area contributed by atoms with E-state index in [-0.39, 0.29) is 18.5 Å². The predicted octanol–water partition coefficient (Wildman–Crippen LogP) is 0.659. The van der Waals surface area contributed by atoms with Crippen molar-refractivity contribution in [3.63, 3.8) is 0 Å². The Bertz CT molecular complexity index is 319. The van der Waals surface area contributed by atoms with Gasteiger partial charge in [0.25, 0.3) is 0 Å². The molecule has 0 spiro atoms. The fourth-order valence-electron chi connectivity index (χ4n) is 2.95. The van der Waals surface area contributed by atoms with Crippen molar-refractivity contribution in [3.8, 4) is 0 Å². The molecule has 0 aromatic rings. The fourth-order valence-corrected chi connectivity index (χ4v) is 2.95. The van der Waals surface area contributed by atoms with Crippen LogP contribution < -0.4 is 5.32 Å². The van der Waals surface area contributed by atoms with Gasteiger partial charge in [-0.15, -0.1) is 0 Å². The lowest BCUT2D eigenvalue weighted by Crippen LogP contribution is -2.36. The van der Waals surface area contributed by atoms with Crippen LogP contribution in [0.2, 0.25) is 0 Å². The molecule has 5 nitrogen and oxygen atoms in total. The average Bonchev–Trinajstić information content (AvgIpc) is 2.84. The highest BCUT2D eigenvalue weighted by molar-refractivity contribution is 6.01. The van der Waals surface area contributed by atoms with Gasteiger partial charge in [0.1, 0.15) is 6.54 Å². The van der Waals surface area contributed by atoms with Crippen molar-refractivity contribution in [3.05, 3.63) is 0 Å². The first-order valence-electron chi connectivity index (χ1n) is 6.36. The van der Waals surface area contributed by atoms with E-state index in [4.69, 9.17) is 0 Å². The van der Waals surface area contributed by atoms with Gasteiger partial charge < -0.3 is 10.2 Å². The van der Waals surface area contributed by atoms with E-state index in [2.05, 4.69) is 5.32 Å². The molecule has 1 N–H and O–H groups in total. The Kier molecular flexibility index (Phi) is 3.66. The maximum Gasteiger partial charge on any atom is 0.326 e. The van der Waals surface area contributed by atoms with Gasteiger partial charge in [0.05, 0.1) is 0 Å². The summed E-state index contributed by atoms with van der Waals surface area (Å²) in [6, 6.07) is 0.412. The molecule has 2 fully saturated rings. The summed E-state index contributed by atoms with van der Waals surface area (Å²) >= 11 is 0. The smallest absolute Gasteiger partial charge is 0.318 e. The Hall–Kier alpha value is -1.10. The van der Waals surface area contributed by atoms with Crippen LogP contribution in [0, 0.1) is 5.92 Å². The number of imide groups is 1. The highest BCUT2D eigenvalue weighted by atomic mass is 16.2. The number of nitrogens with one attached hydrogen (secondary N) is 1. The van der Waals surface area contributed by atoms with E-state index in [1.54, 1.807) is 7.05 Å². The molecule has 2 unspecified atom stereocenters. The minimum Gasteiger partial charge on any atom is -0.318 e. The minimum atomic E-state index is -0.144. The SMILES string of the molecule is CNC1CCCC1CCN1C(=O)CN(C)C1=O. The van der Waals surface area contributed by atoms with E-state index in [1.807, 2.05) is 7.05 Å². The van der Waals surface area contributed by atoms with Gasteiger partial charge >= 0.3 is 6.03 Å². The number of likely N-dealkylation sites (N-methyl/N-ethyl adjacent to an activating group) is 1. The molecule has 1 saturated heterocycles. The molecule has 1 heterocycles. The zero-order valence-electron chi connectivity index (χ0n) is 10.6. The van der Waals surface area contributed by atoms with Crippen LogP contribution in [0.4, 0.5) is 4.79 Å². The van der Waals surface area contributed by atoms with Gasteiger partial charge in [-0.2, -0.15) is 0 Å². The number of carbonyl (C=O) groups excluding carboxylic acids is 2. The van der Waals surface area contributed by atoms with E-state index in [0.717, 1.165) is 6.42 Å². The van der Waals surface area contributed by atoms with E-state index in [0.29, 0.717) is 18.5 Å². The summed E-state index contributed by atoms with van der Waals surface area (Å²) in [6.07, 6.45) is 4.59. The Morgan fingerprint density at radius 1 is 1.35 bits per heavy atom. The Balaban J connectivity index is 1.86. The predicted molar refractivity (Wildman–Crippen MR) is 64.5 cm³/mol. The molecule has 96 valence electrons. The number of hydrogen-bond donors (Lipinski definition) is 1. The summed E-state index contributed by atoms with van der Waals surface area (Å²) < 4.78 is 0. The van der Waals surface area contributed by atoms with E-state index in [9.17, 15) is 9.59 Å². The molecule has 1 saturated carbocycles. The lowest BCUT2D eigenvalue weighted by molar-refractivity contribution is -0.125. The number of urea groups is 1. The van der Waals surface area contributed by atoms with Crippen LogP contribution in [0.25, 0.3) is 0 Å². The van der Waals surface area contributed by atoms with Crippen LogP contribution in [-0.4, -0.2) is 55.0 Å². The summed E-state index contributed by atoms with van der Waals surface area (Å²) in [5.74, 6) is 0.544. The summed E-state index contributed by atoms with van der Waals surface area (Å²) in [4.78, 5) is 26.2. The first-order chi connectivity index (χ1) is 8.13. The van der Waals surface area contributed by atoms with Gasteiger partial charge in [-0.05, 0) is 32.2 Å². The van der Waals surface area contributed by atoms with Crippen molar-refractivity contribution in [1.29, 1.82) is 0 Å². The number of carbonyl (C=O) groups is 2. The molecule has 2 aliphatic rings. The molecular formula is C12H21N3O2. The molecular weight excluding hydrogens is 218 g/mol. The Morgan fingerprint density at radius 3 is 2.71 bits per heavy atom. The molecule has 17 heavy (non-hydrogen) atoms. The van der Waals surface area contributed by atoms with Gasteiger partial charge in [0, 0.05) is 19.6 Å². The summed E-state index contributed by atoms with van der Waals surface area (Å²) in [6.45, 7) is 0.809. The summed E-state index contributed by atoms with van der Waals surface area (Å²) in [5, 5.41) is 3.32. The molecule has 1 aliphatic heterocycles. The second-order valence-electron chi connectivity index (χ2n) is 5.06. The Morgan fingerprint density at radius 2 is 2.12 bits per heavy atom. The quantitative estimate of drug-likeness (QED) is 0.733. The molecule has 0 aromatic heterocycles. The standard InChI is InChI=1S/C12H21N3O2/c1-13-10-5-3-4-9(10)6-7-15-11(16)8-14(2)12(15)17/h9-10,13H,3-8H2,1-2H3. The zero-order chi connectivity index (χ0) is 12.4. The number of rotatable bonds is 4. The number of amides is 3. The maximum atomic E-state index is 11.7. The largest absolute Gasteiger partial charge is 0.326 e.